The molecule has 2 N–H and O–H groups in total. The number of hydrogen-bond acceptors (Lipinski definition) is 3. The molecular formula is C19H20BrNO3. The highest BCUT2D eigenvalue weighted by Gasteiger charge is 2.29. The Labute approximate surface area is 149 Å². The van der Waals surface area contributed by atoms with Crippen LogP contribution < -0.4 is 0 Å². The Morgan fingerprint density at radius 3 is 2.46 bits per heavy atom. The van der Waals surface area contributed by atoms with Gasteiger partial charge >= 0.3 is 0 Å². The number of aliphatic hydroxyl groups excluding tert-OH is 1. The summed E-state index contributed by atoms with van der Waals surface area (Å²) in [5.74, 6) is -0.0244. The topological polar surface area (TPSA) is 60.8 Å². The second-order valence-corrected chi connectivity index (χ2v) is 7.06. The monoisotopic (exact) mass is 389 g/mol. The molecule has 4 nitrogen and oxygen atoms in total. The lowest BCUT2D eigenvalue weighted by Crippen LogP contribution is -2.39. The second kappa shape index (κ2) is 7.36. The van der Waals surface area contributed by atoms with Crippen LogP contribution in [0.1, 0.15) is 34.9 Å². The number of halogens is 1. The van der Waals surface area contributed by atoms with Crippen molar-refractivity contribution in [3.8, 4) is 5.75 Å². The minimum absolute atomic E-state index is 0.00496. The largest absolute Gasteiger partial charge is 0.507 e. The van der Waals surface area contributed by atoms with Gasteiger partial charge < -0.3 is 15.1 Å². The number of amides is 1. The van der Waals surface area contributed by atoms with E-state index in [0.717, 1.165) is 22.9 Å². The van der Waals surface area contributed by atoms with E-state index in [-0.39, 0.29) is 17.6 Å². The summed E-state index contributed by atoms with van der Waals surface area (Å²) in [6.45, 7) is 1.17. The Balaban J connectivity index is 1.64. The van der Waals surface area contributed by atoms with Crippen LogP contribution in [0.3, 0.4) is 0 Å². The number of rotatable bonds is 3. The third-order valence-electron chi connectivity index (χ3n) is 4.60. The quantitative estimate of drug-likeness (QED) is 0.840. The first-order chi connectivity index (χ1) is 11.6. The van der Waals surface area contributed by atoms with Crippen molar-refractivity contribution in [2.75, 3.05) is 13.1 Å². The van der Waals surface area contributed by atoms with E-state index in [9.17, 15) is 15.0 Å². The molecule has 1 fully saturated rings. The van der Waals surface area contributed by atoms with Crippen molar-refractivity contribution in [3.05, 3.63) is 64.1 Å². The number of phenolic OH excluding ortho intramolecular Hbond substituents is 1. The molecule has 0 aromatic heterocycles. The normalized spacial score (nSPS) is 16.8. The van der Waals surface area contributed by atoms with Gasteiger partial charge in [-0.15, -0.1) is 0 Å². The molecule has 1 aliphatic heterocycles. The van der Waals surface area contributed by atoms with Crippen LogP contribution in [0.5, 0.6) is 5.75 Å². The molecule has 1 saturated heterocycles. The highest BCUT2D eigenvalue weighted by molar-refractivity contribution is 9.10. The number of phenols is 1. The van der Waals surface area contributed by atoms with Gasteiger partial charge in [0.15, 0.2) is 0 Å². The Bertz CT molecular complexity index is 712. The van der Waals surface area contributed by atoms with E-state index in [0.29, 0.717) is 18.7 Å². The fourth-order valence-corrected chi connectivity index (χ4v) is 3.55. The zero-order valence-electron chi connectivity index (χ0n) is 13.2. The highest BCUT2D eigenvalue weighted by Crippen LogP contribution is 2.32. The van der Waals surface area contributed by atoms with Crippen LogP contribution in [-0.2, 0) is 0 Å². The van der Waals surface area contributed by atoms with Gasteiger partial charge in [0.1, 0.15) is 5.75 Å². The van der Waals surface area contributed by atoms with Crippen molar-refractivity contribution in [2.24, 2.45) is 5.92 Å². The first-order valence-corrected chi connectivity index (χ1v) is 8.86. The molecule has 0 radical (unpaired) electrons. The molecular weight excluding hydrogens is 370 g/mol. The molecule has 0 unspecified atom stereocenters. The van der Waals surface area contributed by atoms with Crippen molar-refractivity contribution in [3.63, 3.8) is 0 Å². The van der Waals surface area contributed by atoms with Crippen LogP contribution in [0.25, 0.3) is 0 Å². The average molecular weight is 390 g/mol. The molecule has 1 heterocycles. The lowest BCUT2D eigenvalue weighted by Gasteiger charge is -2.34. The number of aliphatic hydroxyl groups is 1. The lowest BCUT2D eigenvalue weighted by molar-refractivity contribution is 0.0460. The van der Waals surface area contributed by atoms with Crippen LogP contribution in [0.15, 0.2) is 53.0 Å². The van der Waals surface area contributed by atoms with Gasteiger partial charge in [-0.1, -0.05) is 46.3 Å². The van der Waals surface area contributed by atoms with Crippen LogP contribution in [0, 0.1) is 5.92 Å². The maximum atomic E-state index is 12.6. The molecule has 0 bridgehead atoms. The Morgan fingerprint density at radius 2 is 1.79 bits per heavy atom. The summed E-state index contributed by atoms with van der Waals surface area (Å²) in [6, 6.07) is 14.5. The third-order valence-corrected chi connectivity index (χ3v) is 5.10. The van der Waals surface area contributed by atoms with E-state index in [4.69, 9.17) is 0 Å². The Morgan fingerprint density at radius 1 is 1.12 bits per heavy atom. The molecule has 0 spiro atoms. The zero-order chi connectivity index (χ0) is 17.1. The number of hydrogen-bond donors (Lipinski definition) is 2. The van der Waals surface area contributed by atoms with Crippen LogP contribution in [0.4, 0.5) is 0 Å². The molecule has 1 atom stereocenters. The maximum Gasteiger partial charge on any atom is 0.257 e. The minimum atomic E-state index is -0.497. The van der Waals surface area contributed by atoms with Gasteiger partial charge in [-0.2, -0.15) is 0 Å². The predicted octanol–water partition coefficient (Wildman–Crippen LogP) is 3.74. The summed E-state index contributed by atoms with van der Waals surface area (Å²) in [7, 11) is 0. The van der Waals surface area contributed by atoms with Gasteiger partial charge in [0.05, 0.1) is 11.7 Å². The number of likely N-dealkylation sites (tertiary alicyclic amines) is 1. The summed E-state index contributed by atoms with van der Waals surface area (Å²) < 4.78 is 0.762. The number of carbonyl (C=O) groups is 1. The molecule has 2 aromatic rings. The van der Waals surface area contributed by atoms with E-state index < -0.39 is 6.10 Å². The van der Waals surface area contributed by atoms with Crippen molar-refractivity contribution in [1.29, 1.82) is 0 Å². The fourth-order valence-electron chi connectivity index (χ4n) is 3.19. The van der Waals surface area contributed by atoms with Crippen molar-refractivity contribution in [2.45, 2.75) is 18.9 Å². The minimum Gasteiger partial charge on any atom is -0.507 e. The molecule has 5 heteroatoms. The lowest BCUT2D eigenvalue weighted by atomic mass is 9.87. The SMILES string of the molecule is O=C(c1cc(Br)ccc1O)N1CCC([C@@H](O)c2ccccc2)CC1. The number of aromatic hydroxyl groups is 1. The molecule has 1 amide bonds. The van der Waals surface area contributed by atoms with E-state index >= 15 is 0 Å². The highest BCUT2D eigenvalue weighted by atomic mass is 79.9. The van der Waals surface area contributed by atoms with Crippen molar-refractivity contribution in [1.82, 2.24) is 4.90 Å². The van der Waals surface area contributed by atoms with Gasteiger partial charge in [-0.25, -0.2) is 0 Å². The number of nitrogens with zero attached hydrogens (tertiary/aromatic N) is 1. The third kappa shape index (κ3) is 3.62. The summed E-state index contributed by atoms with van der Waals surface area (Å²) in [4.78, 5) is 14.3. The van der Waals surface area contributed by atoms with Crippen molar-refractivity contribution < 1.29 is 15.0 Å². The molecule has 24 heavy (non-hydrogen) atoms. The predicted molar refractivity (Wildman–Crippen MR) is 95.8 cm³/mol. The van der Waals surface area contributed by atoms with Gasteiger partial charge in [0, 0.05) is 17.6 Å². The number of piperidine rings is 1. The number of benzene rings is 2. The fraction of sp³-hybridized carbons (Fsp3) is 0.316. The van der Waals surface area contributed by atoms with Gasteiger partial charge in [0.25, 0.3) is 5.91 Å². The van der Waals surface area contributed by atoms with Crippen LogP contribution in [0.2, 0.25) is 0 Å². The average Bonchev–Trinajstić information content (AvgIpc) is 2.63. The zero-order valence-corrected chi connectivity index (χ0v) is 14.8. The summed E-state index contributed by atoms with van der Waals surface area (Å²) in [5, 5.41) is 20.4. The Kier molecular flexibility index (Phi) is 5.21. The van der Waals surface area contributed by atoms with Gasteiger partial charge in [-0.3, -0.25) is 4.79 Å². The van der Waals surface area contributed by atoms with E-state index in [1.165, 1.54) is 6.07 Å². The first-order valence-electron chi connectivity index (χ1n) is 8.07. The summed E-state index contributed by atoms with van der Waals surface area (Å²) >= 11 is 3.33. The molecule has 3 rings (SSSR count). The van der Waals surface area contributed by atoms with Gasteiger partial charge in [0.2, 0.25) is 0 Å². The molecule has 126 valence electrons. The molecule has 2 aromatic carbocycles. The Hall–Kier alpha value is -1.85. The summed E-state index contributed by atoms with van der Waals surface area (Å²) in [5.41, 5.74) is 1.23. The summed E-state index contributed by atoms with van der Waals surface area (Å²) in [6.07, 6.45) is 0.996. The van der Waals surface area contributed by atoms with Crippen LogP contribution in [-0.4, -0.2) is 34.1 Å². The van der Waals surface area contributed by atoms with Gasteiger partial charge in [-0.05, 0) is 42.5 Å². The first kappa shape index (κ1) is 17.0. The van der Waals surface area contributed by atoms with Crippen molar-refractivity contribution >= 4 is 21.8 Å². The molecule has 0 aliphatic carbocycles. The van der Waals surface area contributed by atoms with E-state index in [1.807, 2.05) is 30.3 Å². The number of carbonyl (C=O) groups excluding carboxylic acids is 1. The maximum absolute atomic E-state index is 12.6. The molecule has 0 saturated carbocycles. The molecule has 1 aliphatic rings. The van der Waals surface area contributed by atoms with Crippen LogP contribution >= 0.6 is 15.9 Å². The van der Waals surface area contributed by atoms with E-state index in [1.54, 1.807) is 17.0 Å². The standard InChI is InChI=1S/C19H20BrNO3/c20-15-6-7-17(22)16(12-15)19(24)21-10-8-14(9-11-21)18(23)13-4-2-1-3-5-13/h1-7,12,14,18,22-23H,8-11H2/t18-/m0/s1. The second-order valence-electron chi connectivity index (χ2n) is 6.15. The smallest absolute Gasteiger partial charge is 0.257 e. The van der Waals surface area contributed by atoms with E-state index in [2.05, 4.69) is 15.9 Å².